The molecule has 6 heteroatoms. The highest BCUT2D eigenvalue weighted by molar-refractivity contribution is 5.68. The Hall–Kier alpha value is -1.63. The summed E-state index contributed by atoms with van der Waals surface area (Å²) < 4.78 is 0. The van der Waals surface area contributed by atoms with E-state index in [4.69, 9.17) is 20.8 Å². The monoisotopic (exact) mass is 183 g/mol. The van der Waals surface area contributed by atoms with Gasteiger partial charge in [0.05, 0.1) is 24.5 Å². The fraction of sp³-hybridized carbons (Fsp3) is 0.571. The minimum Gasteiger partial charge on any atom is -0.480 e. The van der Waals surface area contributed by atoms with Gasteiger partial charge in [-0.1, -0.05) is 0 Å². The Bertz CT molecular complexity index is 253. The lowest BCUT2D eigenvalue weighted by atomic mass is 10.1. The SMILES string of the molecule is N#CCC(C#N)CN(O)CC(=O)O. The lowest BCUT2D eigenvalue weighted by molar-refractivity contribution is -0.154. The zero-order chi connectivity index (χ0) is 10.3. The van der Waals surface area contributed by atoms with Gasteiger partial charge < -0.3 is 10.3 Å². The topological polar surface area (TPSA) is 108 Å². The van der Waals surface area contributed by atoms with E-state index in [1.165, 1.54) is 0 Å². The smallest absolute Gasteiger partial charge is 0.320 e. The minimum absolute atomic E-state index is 0.0207. The Balaban J connectivity index is 3.89. The summed E-state index contributed by atoms with van der Waals surface area (Å²) in [7, 11) is 0. The number of carboxylic acid groups (broad SMARTS) is 1. The van der Waals surface area contributed by atoms with Gasteiger partial charge in [-0.25, -0.2) is 0 Å². The van der Waals surface area contributed by atoms with E-state index in [-0.39, 0.29) is 13.0 Å². The summed E-state index contributed by atoms with van der Waals surface area (Å²) in [5.41, 5.74) is 0. The van der Waals surface area contributed by atoms with E-state index in [2.05, 4.69) is 0 Å². The Morgan fingerprint density at radius 2 is 2.15 bits per heavy atom. The van der Waals surface area contributed by atoms with Gasteiger partial charge >= 0.3 is 5.97 Å². The third kappa shape index (κ3) is 5.62. The zero-order valence-corrected chi connectivity index (χ0v) is 6.84. The summed E-state index contributed by atoms with van der Waals surface area (Å²) in [5, 5.41) is 34.4. The molecule has 0 bridgehead atoms. The molecule has 0 aromatic carbocycles. The molecule has 6 nitrogen and oxygen atoms in total. The van der Waals surface area contributed by atoms with Gasteiger partial charge in [0.1, 0.15) is 6.54 Å². The van der Waals surface area contributed by atoms with Crippen LogP contribution in [0, 0.1) is 28.6 Å². The number of hydrogen-bond acceptors (Lipinski definition) is 5. The van der Waals surface area contributed by atoms with Gasteiger partial charge in [-0.05, 0) is 0 Å². The van der Waals surface area contributed by atoms with Crippen LogP contribution in [0.2, 0.25) is 0 Å². The van der Waals surface area contributed by atoms with Crippen molar-refractivity contribution in [2.24, 2.45) is 5.92 Å². The molecule has 0 aromatic rings. The highest BCUT2D eigenvalue weighted by Gasteiger charge is 2.13. The molecular weight excluding hydrogens is 174 g/mol. The standard InChI is InChI=1S/C7H9N3O3/c8-2-1-6(3-9)4-10(13)5-7(11)12/h6,13H,1,4-5H2,(H,11,12). The maximum Gasteiger partial charge on any atom is 0.320 e. The lowest BCUT2D eigenvalue weighted by Crippen LogP contribution is -2.30. The lowest BCUT2D eigenvalue weighted by Gasteiger charge is -2.13. The van der Waals surface area contributed by atoms with E-state index >= 15 is 0 Å². The van der Waals surface area contributed by atoms with Crippen LogP contribution in [0.1, 0.15) is 6.42 Å². The summed E-state index contributed by atoms with van der Waals surface area (Å²) >= 11 is 0. The molecule has 0 saturated heterocycles. The summed E-state index contributed by atoms with van der Waals surface area (Å²) in [6.45, 7) is -0.681. The van der Waals surface area contributed by atoms with Crippen molar-refractivity contribution in [2.45, 2.75) is 6.42 Å². The van der Waals surface area contributed by atoms with Crippen molar-refractivity contribution < 1.29 is 15.1 Å². The molecule has 0 rings (SSSR count). The average Bonchev–Trinajstić information content (AvgIpc) is 2.02. The summed E-state index contributed by atoms with van der Waals surface area (Å²) in [6.07, 6.45) is -0.0207. The van der Waals surface area contributed by atoms with Crippen molar-refractivity contribution in [3.8, 4) is 12.1 Å². The first-order chi connectivity index (χ1) is 6.10. The quantitative estimate of drug-likeness (QED) is 0.572. The second kappa shape index (κ2) is 5.95. The molecule has 0 fully saturated rings. The van der Waals surface area contributed by atoms with Crippen molar-refractivity contribution in [1.82, 2.24) is 5.06 Å². The maximum absolute atomic E-state index is 10.1. The van der Waals surface area contributed by atoms with Gasteiger partial charge in [0.2, 0.25) is 0 Å². The van der Waals surface area contributed by atoms with Crippen LogP contribution < -0.4 is 0 Å². The predicted molar refractivity (Wildman–Crippen MR) is 40.3 cm³/mol. The number of hydroxylamine groups is 2. The van der Waals surface area contributed by atoms with Crippen LogP contribution in [0.15, 0.2) is 0 Å². The summed E-state index contributed by atoms with van der Waals surface area (Å²) in [4.78, 5) is 10.1. The normalized spacial score (nSPS) is 11.7. The van der Waals surface area contributed by atoms with Gasteiger partial charge in [0.25, 0.3) is 0 Å². The van der Waals surface area contributed by atoms with E-state index < -0.39 is 18.4 Å². The molecule has 2 N–H and O–H groups in total. The van der Waals surface area contributed by atoms with Crippen molar-refractivity contribution in [3.63, 3.8) is 0 Å². The van der Waals surface area contributed by atoms with Crippen LogP contribution >= 0.6 is 0 Å². The Morgan fingerprint density at radius 1 is 1.54 bits per heavy atom. The third-order valence-corrected chi connectivity index (χ3v) is 1.27. The first-order valence-electron chi connectivity index (χ1n) is 3.52. The Morgan fingerprint density at radius 3 is 2.54 bits per heavy atom. The van der Waals surface area contributed by atoms with Crippen molar-refractivity contribution in [1.29, 1.82) is 10.5 Å². The molecule has 13 heavy (non-hydrogen) atoms. The molecule has 1 unspecified atom stereocenters. The fourth-order valence-electron chi connectivity index (χ4n) is 0.736. The van der Waals surface area contributed by atoms with Gasteiger partial charge in [-0.3, -0.25) is 4.79 Å². The number of carbonyl (C=O) groups is 1. The molecule has 0 heterocycles. The minimum atomic E-state index is -1.18. The van der Waals surface area contributed by atoms with Crippen molar-refractivity contribution in [2.75, 3.05) is 13.1 Å². The van der Waals surface area contributed by atoms with Gasteiger partial charge in [-0.2, -0.15) is 15.6 Å². The number of aliphatic carboxylic acids is 1. The van der Waals surface area contributed by atoms with Crippen LogP contribution in [0.3, 0.4) is 0 Å². The Labute approximate surface area is 75.2 Å². The molecule has 0 amide bonds. The zero-order valence-electron chi connectivity index (χ0n) is 6.84. The van der Waals surface area contributed by atoms with Crippen LogP contribution in [-0.4, -0.2) is 34.4 Å². The van der Waals surface area contributed by atoms with Crippen molar-refractivity contribution in [3.05, 3.63) is 0 Å². The largest absolute Gasteiger partial charge is 0.480 e. The maximum atomic E-state index is 10.1. The molecule has 0 aliphatic heterocycles. The fourth-order valence-corrected chi connectivity index (χ4v) is 0.736. The predicted octanol–water partition coefficient (Wildman–Crippen LogP) is -0.184. The average molecular weight is 183 g/mol. The molecule has 0 spiro atoms. The number of nitrogens with zero attached hydrogens (tertiary/aromatic N) is 3. The molecule has 0 aliphatic carbocycles. The summed E-state index contributed by atoms with van der Waals surface area (Å²) in [6, 6.07) is 3.56. The van der Waals surface area contributed by atoms with Gasteiger partial charge in [0.15, 0.2) is 0 Å². The van der Waals surface area contributed by atoms with Crippen molar-refractivity contribution >= 4 is 5.97 Å². The van der Waals surface area contributed by atoms with E-state index in [1.807, 2.05) is 0 Å². The number of carboxylic acids is 1. The molecule has 70 valence electrons. The first-order valence-corrected chi connectivity index (χ1v) is 3.52. The van der Waals surface area contributed by atoms with E-state index in [0.717, 1.165) is 0 Å². The second-order valence-electron chi connectivity index (χ2n) is 2.43. The highest BCUT2D eigenvalue weighted by atomic mass is 16.5. The number of hydrogen-bond donors (Lipinski definition) is 2. The highest BCUT2D eigenvalue weighted by Crippen LogP contribution is 2.01. The molecule has 0 radical (unpaired) electrons. The number of rotatable bonds is 5. The number of nitriles is 2. The van der Waals surface area contributed by atoms with E-state index in [1.54, 1.807) is 12.1 Å². The molecule has 1 atom stereocenters. The van der Waals surface area contributed by atoms with E-state index in [0.29, 0.717) is 5.06 Å². The molecule has 0 saturated carbocycles. The van der Waals surface area contributed by atoms with Gasteiger partial charge in [-0.15, -0.1) is 0 Å². The Kier molecular flexibility index (Phi) is 5.20. The first kappa shape index (κ1) is 11.4. The van der Waals surface area contributed by atoms with Gasteiger partial charge in [0, 0.05) is 6.54 Å². The van der Waals surface area contributed by atoms with Crippen LogP contribution in [0.25, 0.3) is 0 Å². The van der Waals surface area contributed by atoms with Crippen LogP contribution in [-0.2, 0) is 4.79 Å². The van der Waals surface area contributed by atoms with Crippen LogP contribution in [0.4, 0.5) is 0 Å². The molecular formula is C7H9N3O3. The molecule has 0 aliphatic rings. The second-order valence-corrected chi connectivity index (χ2v) is 2.43. The van der Waals surface area contributed by atoms with E-state index in [9.17, 15) is 4.79 Å². The van der Waals surface area contributed by atoms with Crippen LogP contribution in [0.5, 0.6) is 0 Å². The summed E-state index contributed by atoms with van der Waals surface area (Å²) in [5.74, 6) is -1.84. The molecule has 0 aromatic heterocycles. The third-order valence-electron chi connectivity index (χ3n) is 1.27.